The molecule has 0 atom stereocenters. The summed E-state index contributed by atoms with van der Waals surface area (Å²) in [5.74, 6) is 1.02. The first-order valence-electron chi connectivity index (χ1n) is 7.36. The summed E-state index contributed by atoms with van der Waals surface area (Å²) in [6, 6.07) is 8.26. The van der Waals surface area contributed by atoms with Crippen LogP contribution in [0.4, 0.5) is 0 Å². The zero-order valence-corrected chi connectivity index (χ0v) is 13.1. The lowest BCUT2D eigenvalue weighted by molar-refractivity contribution is 0.183. The minimum atomic E-state index is 0.142. The van der Waals surface area contributed by atoms with Gasteiger partial charge in [0.25, 0.3) is 0 Å². The number of rotatable bonds is 6. The second kappa shape index (κ2) is 5.98. The van der Waals surface area contributed by atoms with E-state index in [0.29, 0.717) is 6.54 Å². The molecule has 1 heterocycles. The first kappa shape index (κ1) is 15.1. The summed E-state index contributed by atoms with van der Waals surface area (Å²) in [7, 11) is 0. The fourth-order valence-electron chi connectivity index (χ4n) is 2.59. The number of benzene rings is 1. The van der Waals surface area contributed by atoms with Crippen molar-refractivity contribution in [1.82, 2.24) is 4.90 Å². The van der Waals surface area contributed by atoms with Gasteiger partial charge in [-0.3, -0.25) is 4.90 Å². The molecule has 0 bridgehead atoms. The minimum Gasteiger partial charge on any atom is -0.461 e. The van der Waals surface area contributed by atoms with Gasteiger partial charge in [-0.05, 0) is 31.5 Å². The first-order chi connectivity index (χ1) is 9.46. The highest BCUT2D eigenvalue weighted by atomic mass is 16.3. The fourth-order valence-corrected chi connectivity index (χ4v) is 2.59. The van der Waals surface area contributed by atoms with Crippen LogP contribution in [0.15, 0.2) is 28.7 Å². The van der Waals surface area contributed by atoms with E-state index < -0.39 is 0 Å². The van der Waals surface area contributed by atoms with Crippen molar-refractivity contribution in [2.45, 2.75) is 34.2 Å². The van der Waals surface area contributed by atoms with Crippen molar-refractivity contribution >= 4 is 11.0 Å². The summed E-state index contributed by atoms with van der Waals surface area (Å²) in [4.78, 5) is 2.44. The maximum absolute atomic E-state index is 5.86. The molecule has 2 aromatic rings. The van der Waals surface area contributed by atoms with Gasteiger partial charge < -0.3 is 10.2 Å². The van der Waals surface area contributed by atoms with Crippen LogP contribution in [0.5, 0.6) is 0 Å². The lowest BCUT2D eigenvalue weighted by Crippen LogP contribution is -2.38. The Kier molecular flexibility index (Phi) is 4.51. The number of hydrogen-bond acceptors (Lipinski definition) is 3. The molecule has 0 unspecified atom stereocenters. The topological polar surface area (TPSA) is 42.4 Å². The monoisotopic (exact) mass is 274 g/mol. The molecular weight excluding hydrogens is 248 g/mol. The number of nitrogens with two attached hydrogens (primary N) is 1. The summed E-state index contributed by atoms with van der Waals surface area (Å²) in [5.41, 5.74) is 8.28. The third-order valence-corrected chi connectivity index (χ3v) is 3.93. The molecule has 0 spiro atoms. The third kappa shape index (κ3) is 3.22. The normalized spacial score (nSPS) is 12.5. The van der Waals surface area contributed by atoms with Gasteiger partial charge in [-0.15, -0.1) is 0 Å². The molecular formula is C17H26N2O. The van der Waals surface area contributed by atoms with E-state index in [1.807, 2.05) is 12.1 Å². The van der Waals surface area contributed by atoms with Crippen LogP contribution in [-0.4, -0.2) is 24.5 Å². The van der Waals surface area contributed by atoms with Gasteiger partial charge in [0.1, 0.15) is 11.3 Å². The van der Waals surface area contributed by atoms with E-state index in [-0.39, 0.29) is 5.41 Å². The first-order valence-corrected chi connectivity index (χ1v) is 7.36. The molecule has 3 heteroatoms. The van der Waals surface area contributed by atoms with E-state index in [1.165, 1.54) is 10.9 Å². The van der Waals surface area contributed by atoms with E-state index in [4.69, 9.17) is 10.2 Å². The average Bonchev–Trinajstić information content (AvgIpc) is 2.74. The molecule has 0 radical (unpaired) electrons. The van der Waals surface area contributed by atoms with Crippen molar-refractivity contribution in [1.29, 1.82) is 0 Å². The van der Waals surface area contributed by atoms with E-state index >= 15 is 0 Å². The summed E-state index contributed by atoms with van der Waals surface area (Å²) in [5, 5.41) is 1.23. The molecule has 1 aromatic carbocycles. The SMILES string of the molecule is CCN(Cc1c(C)oc2ccccc12)CC(C)(C)CN. The van der Waals surface area contributed by atoms with Crippen LogP contribution in [0.25, 0.3) is 11.0 Å². The van der Waals surface area contributed by atoms with Gasteiger partial charge in [-0.2, -0.15) is 0 Å². The van der Waals surface area contributed by atoms with Crippen molar-refractivity contribution in [3.8, 4) is 0 Å². The molecule has 0 amide bonds. The molecule has 0 aliphatic rings. The van der Waals surface area contributed by atoms with Gasteiger partial charge in [0.05, 0.1) is 0 Å². The van der Waals surface area contributed by atoms with Crippen LogP contribution in [0.1, 0.15) is 32.1 Å². The lowest BCUT2D eigenvalue weighted by atomic mass is 9.93. The summed E-state index contributed by atoms with van der Waals surface area (Å²) >= 11 is 0. The smallest absolute Gasteiger partial charge is 0.134 e. The van der Waals surface area contributed by atoms with E-state index in [2.05, 4.69) is 44.7 Å². The maximum atomic E-state index is 5.86. The Morgan fingerprint density at radius 3 is 2.60 bits per heavy atom. The van der Waals surface area contributed by atoms with Crippen molar-refractivity contribution in [2.75, 3.05) is 19.6 Å². The molecule has 0 aliphatic carbocycles. The van der Waals surface area contributed by atoms with Crippen LogP contribution in [0.2, 0.25) is 0 Å². The van der Waals surface area contributed by atoms with E-state index in [1.54, 1.807) is 0 Å². The Morgan fingerprint density at radius 1 is 1.25 bits per heavy atom. The molecule has 0 fully saturated rings. The largest absolute Gasteiger partial charge is 0.461 e. The number of hydrogen-bond donors (Lipinski definition) is 1. The summed E-state index contributed by atoms with van der Waals surface area (Å²) in [6.45, 7) is 12.3. The molecule has 0 saturated heterocycles. The highest BCUT2D eigenvalue weighted by Crippen LogP contribution is 2.27. The Hall–Kier alpha value is -1.32. The van der Waals surface area contributed by atoms with Gasteiger partial charge in [-0.25, -0.2) is 0 Å². The predicted octanol–water partition coefficient (Wildman–Crippen LogP) is 3.55. The molecule has 3 nitrogen and oxygen atoms in total. The van der Waals surface area contributed by atoms with Gasteiger partial charge in [-0.1, -0.05) is 39.0 Å². The number of nitrogens with zero attached hydrogens (tertiary/aromatic N) is 1. The van der Waals surface area contributed by atoms with Crippen molar-refractivity contribution in [3.05, 3.63) is 35.6 Å². The highest BCUT2D eigenvalue weighted by molar-refractivity contribution is 5.82. The zero-order valence-electron chi connectivity index (χ0n) is 13.1. The molecule has 1 aromatic heterocycles. The molecule has 2 N–H and O–H groups in total. The average molecular weight is 274 g/mol. The summed E-state index contributed by atoms with van der Waals surface area (Å²) in [6.07, 6.45) is 0. The lowest BCUT2D eigenvalue weighted by Gasteiger charge is -2.31. The zero-order chi connectivity index (χ0) is 14.8. The molecule has 110 valence electrons. The minimum absolute atomic E-state index is 0.142. The molecule has 0 aliphatic heterocycles. The van der Waals surface area contributed by atoms with Crippen LogP contribution in [-0.2, 0) is 6.54 Å². The Bertz CT molecular complexity index is 571. The van der Waals surface area contributed by atoms with Gasteiger partial charge in [0, 0.05) is 24.0 Å². The van der Waals surface area contributed by atoms with E-state index in [9.17, 15) is 0 Å². The molecule has 20 heavy (non-hydrogen) atoms. The van der Waals surface area contributed by atoms with Crippen molar-refractivity contribution in [2.24, 2.45) is 11.1 Å². The predicted molar refractivity (Wildman–Crippen MR) is 84.7 cm³/mol. The van der Waals surface area contributed by atoms with Crippen LogP contribution >= 0.6 is 0 Å². The van der Waals surface area contributed by atoms with Crippen molar-refractivity contribution < 1.29 is 4.42 Å². The quantitative estimate of drug-likeness (QED) is 0.876. The Balaban J connectivity index is 2.23. The highest BCUT2D eigenvalue weighted by Gasteiger charge is 2.21. The Morgan fingerprint density at radius 2 is 1.95 bits per heavy atom. The molecule has 2 rings (SSSR count). The van der Waals surface area contributed by atoms with Crippen LogP contribution < -0.4 is 5.73 Å². The van der Waals surface area contributed by atoms with Crippen LogP contribution in [0, 0.1) is 12.3 Å². The third-order valence-electron chi connectivity index (χ3n) is 3.93. The number of fused-ring (bicyclic) bond motifs is 1. The molecule has 0 saturated carbocycles. The van der Waals surface area contributed by atoms with Gasteiger partial charge >= 0.3 is 0 Å². The second-order valence-electron chi connectivity index (χ2n) is 6.30. The summed E-state index contributed by atoms with van der Waals surface area (Å²) < 4.78 is 5.85. The number of furan rings is 1. The van der Waals surface area contributed by atoms with Crippen molar-refractivity contribution in [3.63, 3.8) is 0 Å². The van der Waals surface area contributed by atoms with E-state index in [0.717, 1.165) is 31.0 Å². The van der Waals surface area contributed by atoms with Gasteiger partial charge in [0.15, 0.2) is 0 Å². The van der Waals surface area contributed by atoms with Crippen LogP contribution in [0.3, 0.4) is 0 Å². The standard InChI is InChI=1S/C17H26N2O/c1-5-19(12-17(3,4)11-18)10-15-13(2)20-16-9-7-6-8-14(15)16/h6-9H,5,10-12,18H2,1-4H3. The number of aryl methyl sites for hydroxylation is 1. The maximum Gasteiger partial charge on any atom is 0.134 e. The Labute approximate surface area is 121 Å². The van der Waals surface area contributed by atoms with Gasteiger partial charge in [0.2, 0.25) is 0 Å². The number of para-hydroxylation sites is 1. The fraction of sp³-hybridized carbons (Fsp3) is 0.529. The second-order valence-corrected chi connectivity index (χ2v) is 6.30.